The van der Waals surface area contributed by atoms with E-state index in [0.717, 1.165) is 17.7 Å². The molecule has 8 nitrogen and oxygen atoms in total. The lowest BCUT2D eigenvalue weighted by molar-refractivity contribution is 0.220. The summed E-state index contributed by atoms with van der Waals surface area (Å²) in [5.74, 6) is 1.07. The van der Waals surface area contributed by atoms with Crippen LogP contribution in [0.5, 0.6) is 11.5 Å². The van der Waals surface area contributed by atoms with Gasteiger partial charge in [-0.25, -0.2) is 9.48 Å². The Morgan fingerprint density at radius 3 is 2.69 bits per heavy atom. The Morgan fingerprint density at radius 1 is 1.10 bits per heavy atom. The standard InChI is InChI=1S/C21H23N5O3/c1-28-19-10-6-9-17(20(19)29-2)22-21(27)25-12-11-16(13-25)26-14-18(23-24-26)15-7-4-3-5-8-15/h3-10,14,16H,11-13H2,1-2H3,(H,22,27). The number of hydrogen-bond donors (Lipinski definition) is 1. The van der Waals surface area contributed by atoms with Crippen LogP contribution in [0.2, 0.25) is 0 Å². The van der Waals surface area contributed by atoms with E-state index >= 15 is 0 Å². The van der Waals surface area contributed by atoms with Gasteiger partial charge in [-0.1, -0.05) is 41.6 Å². The third kappa shape index (κ3) is 3.87. The average Bonchev–Trinajstić information content (AvgIpc) is 3.44. The van der Waals surface area contributed by atoms with Crippen molar-refractivity contribution in [2.45, 2.75) is 12.5 Å². The number of hydrogen-bond acceptors (Lipinski definition) is 5. The Labute approximate surface area is 169 Å². The lowest BCUT2D eigenvalue weighted by Gasteiger charge is -2.19. The number of likely N-dealkylation sites (tertiary alicyclic amines) is 1. The highest BCUT2D eigenvalue weighted by Gasteiger charge is 2.29. The summed E-state index contributed by atoms with van der Waals surface area (Å²) in [4.78, 5) is 14.5. The predicted molar refractivity (Wildman–Crippen MR) is 109 cm³/mol. The Morgan fingerprint density at radius 2 is 1.93 bits per heavy atom. The molecular weight excluding hydrogens is 370 g/mol. The van der Waals surface area contributed by atoms with Crippen molar-refractivity contribution in [2.24, 2.45) is 0 Å². The zero-order chi connectivity index (χ0) is 20.2. The third-order valence-corrected chi connectivity index (χ3v) is 5.05. The molecule has 1 aliphatic rings. The van der Waals surface area contributed by atoms with Crippen LogP contribution < -0.4 is 14.8 Å². The van der Waals surface area contributed by atoms with Crippen molar-refractivity contribution >= 4 is 11.7 Å². The highest BCUT2D eigenvalue weighted by atomic mass is 16.5. The number of carbonyl (C=O) groups excluding carboxylic acids is 1. The van der Waals surface area contributed by atoms with Gasteiger partial charge >= 0.3 is 6.03 Å². The molecule has 2 heterocycles. The normalized spacial score (nSPS) is 15.9. The highest BCUT2D eigenvalue weighted by Crippen LogP contribution is 2.35. The van der Waals surface area contributed by atoms with Gasteiger partial charge in [0.15, 0.2) is 11.5 Å². The molecule has 1 fully saturated rings. The minimum absolute atomic E-state index is 0.0953. The molecule has 3 aromatic rings. The van der Waals surface area contributed by atoms with Crippen molar-refractivity contribution in [3.63, 3.8) is 0 Å². The lowest BCUT2D eigenvalue weighted by atomic mass is 10.2. The largest absolute Gasteiger partial charge is 0.493 e. The van der Waals surface area contributed by atoms with Gasteiger partial charge in [-0.05, 0) is 18.6 Å². The summed E-state index contributed by atoms with van der Waals surface area (Å²) < 4.78 is 12.5. The van der Waals surface area contributed by atoms with Crippen molar-refractivity contribution in [3.05, 3.63) is 54.7 Å². The maximum Gasteiger partial charge on any atom is 0.322 e. The average molecular weight is 393 g/mol. The van der Waals surface area contributed by atoms with Crippen LogP contribution in [0, 0.1) is 0 Å². The second-order valence-corrected chi connectivity index (χ2v) is 6.81. The molecule has 2 aromatic carbocycles. The first kappa shape index (κ1) is 18.8. The SMILES string of the molecule is COc1cccc(NC(=O)N2CCC(n3cc(-c4ccccc4)nn3)C2)c1OC. The van der Waals surface area contributed by atoms with Crippen LogP contribution in [0.3, 0.4) is 0 Å². The number of para-hydroxylation sites is 1. The van der Waals surface area contributed by atoms with Crippen LogP contribution in [0.4, 0.5) is 10.5 Å². The number of methoxy groups -OCH3 is 2. The first-order chi connectivity index (χ1) is 14.2. The summed E-state index contributed by atoms with van der Waals surface area (Å²) in [7, 11) is 3.12. The van der Waals surface area contributed by atoms with E-state index in [9.17, 15) is 4.79 Å². The zero-order valence-electron chi connectivity index (χ0n) is 16.4. The molecule has 1 unspecified atom stereocenters. The van der Waals surface area contributed by atoms with Gasteiger partial charge in [0, 0.05) is 18.7 Å². The number of nitrogens with one attached hydrogen (secondary N) is 1. The predicted octanol–water partition coefficient (Wildman–Crippen LogP) is 3.44. The van der Waals surface area contributed by atoms with Gasteiger partial charge in [-0.15, -0.1) is 5.10 Å². The number of anilines is 1. The van der Waals surface area contributed by atoms with Crippen LogP contribution in [0.1, 0.15) is 12.5 Å². The Kier molecular flexibility index (Phi) is 5.33. The van der Waals surface area contributed by atoms with Gasteiger partial charge in [0.2, 0.25) is 0 Å². The van der Waals surface area contributed by atoms with Crippen LogP contribution in [-0.2, 0) is 0 Å². The van der Waals surface area contributed by atoms with E-state index in [2.05, 4.69) is 15.6 Å². The lowest BCUT2D eigenvalue weighted by Crippen LogP contribution is -2.33. The fourth-order valence-corrected chi connectivity index (χ4v) is 3.52. The minimum atomic E-state index is -0.178. The smallest absolute Gasteiger partial charge is 0.322 e. The van der Waals surface area contributed by atoms with E-state index in [1.54, 1.807) is 31.3 Å². The molecule has 29 heavy (non-hydrogen) atoms. The van der Waals surface area contributed by atoms with E-state index in [0.29, 0.717) is 30.3 Å². The molecule has 4 rings (SSSR count). The summed E-state index contributed by atoms with van der Waals surface area (Å²) in [5, 5.41) is 11.5. The summed E-state index contributed by atoms with van der Waals surface area (Å²) in [5.41, 5.74) is 2.43. The summed E-state index contributed by atoms with van der Waals surface area (Å²) in [6, 6.07) is 15.2. The molecule has 8 heteroatoms. The van der Waals surface area contributed by atoms with Gasteiger partial charge in [-0.3, -0.25) is 0 Å². The number of benzene rings is 2. The molecule has 1 atom stereocenters. The van der Waals surface area contributed by atoms with E-state index in [1.807, 2.05) is 47.3 Å². The Hall–Kier alpha value is -3.55. The molecule has 0 spiro atoms. The molecular formula is C21H23N5O3. The first-order valence-electron chi connectivity index (χ1n) is 9.43. The summed E-state index contributed by atoms with van der Waals surface area (Å²) in [6.07, 6.45) is 2.76. The molecule has 1 N–H and O–H groups in total. The number of ether oxygens (including phenoxy) is 2. The van der Waals surface area contributed by atoms with Crippen LogP contribution in [0.15, 0.2) is 54.7 Å². The minimum Gasteiger partial charge on any atom is -0.493 e. The van der Waals surface area contributed by atoms with Crippen molar-refractivity contribution in [1.29, 1.82) is 0 Å². The number of carbonyl (C=O) groups is 1. The molecule has 1 aliphatic heterocycles. The fourth-order valence-electron chi connectivity index (χ4n) is 3.52. The Bertz CT molecular complexity index is 989. The monoisotopic (exact) mass is 393 g/mol. The molecule has 2 amide bonds. The van der Waals surface area contributed by atoms with E-state index in [-0.39, 0.29) is 12.1 Å². The number of rotatable bonds is 5. The first-order valence-corrected chi connectivity index (χ1v) is 9.43. The molecule has 0 aliphatic carbocycles. The second kappa shape index (κ2) is 8.22. The summed E-state index contributed by atoms with van der Waals surface area (Å²) >= 11 is 0. The molecule has 150 valence electrons. The number of amides is 2. The zero-order valence-corrected chi connectivity index (χ0v) is 16.4. The van der Waals surface area contributed by atoms with E-state index in [4.69, 9.17) is 9.47 Å². The van der Waals surface area contributed by atoms with Gasteiger partial charge in [-0.2, -0.15) is 0 Å². The van der Waals surface area contributed by atoms with Crippen LogP contribution >= 0.6 is 0 Å². The van der Waals surface area contributed by atoms with Crippen molar-refractivity contribution < 1.29 is 14.3 Å². The van der Waals surface area contributed by atoms with E-state index in [1.165, 1.54) is 0 Å². The third-order valence-electron chi connectivity index (χ3n) is 5.05. The van der Waals surface area contributed by atoms with Crippen molar-refractivity contribution in [3.8, 4) is 22.8 Å². The van der Waals surface area contributed by atoms with Gasteiger partial charge in [0.25, 0.3) is 0 Å². The maximum absolute atomic E-state index is 12.8. The number of urea groups is 1. The molecule has 0 radical (unpaired) electrons. The van der Waals surface area contributed by atoms with Crippen molar-refractivity contribution in [1.82, 2.24) is 19.9 Å². The van der Waals surface area contributed by atoms with Crippen LogP contribution in [0.25, 0.3) is 11.3 Å². The van der Waals surface area contributed by atoms with Crippen LogP contribution in [-0.4, -0.2) is 53.2 Å². The number of aromatic nitrogens is 3. The topological polar surface area (TPSA) is 81.5 Å². The van der Waals surface area contributed by atoms with Gasteiger partial charge in [0.05, 0.1) is 32.1 Å². The maximum atomic E-state index is 12.8. The van der Waals surface area contributed by atoms with Gasteiger partial charge in [0.1, 0.15) is 5.69 Å². The van der Waals surface area contributed by atoms with Gasteiger partial charge < -0.3 is 19.7 Å². The molecule has 0 saturated carbocycles. The van der Waals surface area contributed by atoms with Crippen molar-refractivity contribution in [2.75, 3.05) is 32.6 Å². The number of nitrogens with zero attached hydrogens (tertiary/aromatic N) is 4. The Balaban J connectivity index is 1.43. The van der Waals surface area contributed by atoms with E-state index < -0.39 is 0 Å². The fraction of sp³-hybridized carbons (Fsp3) is 0.286. The molecule has 0 bridgehead atoms. The highest BCUT2D eigenvalue weighted by molar-refractivity contribution is 5.91. The summed E-state index contributed by atoms with van der Waals surface area (Å²) in [6.45, 7) is 1.21. The second-order valence-electron chi connectivity index (χ2n) is 6.81. The quantitative estimate of drug-likeness (QED) is 0.718. The molecule has 1 saturated heterocycles. The molecule has 1 aromatic heterocycles.